The van der Waals surface area contributed by atoms with Gasteiger partial charge in [0, 0.05) is 11.8 Å². The van der Waals surface area contributed by atoms with Crippen LogP contribution < -0.4 is 0 Å². The normalized spacial score (nSPS) is 10.6. The molecule has 3 aromatic rings. The smallest absolute Gasteiger partial charge is 0.359 e. The average molecular weight is 328 g/mol. The first-order valence-electron chi connectivity index (χ1n) is 7.37. The van der Waals surface area contributed by atoms with Gasteiger partial charge in [-0.05, 0) is 48.9 Å². The van der Waals surface area contributed by atoms with Gasteiger partial charge < -0.3 is 4.74 Å². The SMILES string of the molecule is CCOC(=O)c1nn(-c2ccc(F)cc2)cc1-c1ccc(F)cc1. The van der Waals surface area contributed by atoms with Crippen molar-refractivity contribution in [2.24, 2.45) is 0 Å². The number of halogens is 2. The molecule has 122 valence electrons. The summed E-state index contributed by atoms with van der Waals surface area (Å²) < 4.78 is 32.7. The van der Waals surface area contributed by atoms with Crippen LogP contribution in [0.3, 0.4) is 0 Å². The predicted molar refractivity (Wildman–Crippen MR) is 84.9 cm³/mol. The summed E-state index contributed by atoms with van der Waals surface area (Å²) in [5.41, 5.74) is 1.86. The topological polar surface area (TPSA) is 44.1 Å². The van der Waals surface area contributed by atoms with Crippen LogP contribution in [0.1, 0.15) is 17.4 Å². The molecule has 0 aliphatic carbocycles. The largest absolute Gasteiger partial charge is 0.461 e. The number of esters is 1. The minimum Gasteiger partial charge on any atom is -0.461 e. The van der Waals surface area contributed by atoms with Crippen LogP contribution in [0.4, 0.5) is 8.78 Å². The zero-order chi connectivity index (χ0) is 17.1. The highest BCUT2D eigenvalue weighted by Gasteiger charge is 2.20. The third-order valence-electron chi connectivity index (χ3n) is 3.43. The minimum absolute atomic E-state index is 0.118. The quantitative estimate of drug-likeness (QED) is 0.680. The van der Waals surface area contributed by atoms with E-state index in [1.807, 2.05) is 0 Å². The van der Waals surface area contributed by atoms with Crippen molar-refractivity contribution in [1.29, 1.82) is 0 Å². The van der Waals surface area contributed by atoms with Gasteiger partial charge in [-0.25, -0.2) is 18.3 Å². The molecule has 1 aromatic heterocycles. The van der Waals surface area contributed by atoms with Crippen LogP contribution in [-0.4, -0.2) is 22.4 Å². The third-order valence-corrected chi connectivity index (χ3v) is 3.43. The van der Waals surface area contributed by atoms with Crippen molar-refractivity contribution < 1.29 is 18.3 Å². The maximum absolute atomic E-state index is 13.1. The van der Waals surface area contributed by atoms with Gasteiger partial charge in [0.15, 0.2) is 5.69 Å². The first-order chi connectivity index (χ1) is 11.6. The molecular formula is C18H14F2N2O2. The zero-order valence-corrected chi connectivity index (χ0v) is 12.9. The lowest BCUT2D eigenvalue weighted by atomic mass is 10.1. The Balaban J connectivity index is 2.10. The van der Waals surface area contributed by atoms with Crippen LogP contribution in [0.2, 0.25) is 0 Å². The molecule has 0 saturated carbocycles. The number of ether oxygens (including phenoxy) is 1. The van der Waals surface area contributed by atoms with E-state index in [9.17, 15) is 13.6 Å². The molecule has 6 heteroatoms. The molecule has 0 aliphatic rings. The van der Waals surface area contributed by atoms with Crippen LogP contribution in [0.15, 0.2) is 54.7 Å². The van der Waals surface area contributed by atoms with E-state index in [0.717, 1.165) is 0 Å². The van der Waals surface area contributed by atoms with Crippen molar-refractivity contribution in [3.05, 3.63) is 72.1 Å². The van der Waals surface area contributed by atoms with Crippen LogP contribution in [0.5, 0.6) is 0 Å². The Hall–Kier alpha value is -3.02. The Bertz CT molecular complexity index is 856. The fourth-order valence-corrected chi connectivity index (χ4v) is 2.29. The number of benzene rings is 2. The number of hydrogen-bond acceptors (Lipinski definition) is 3. The van der Waals surface area contributed by atoms with Crippen LogP contribution in [0.25, 0.3) is 16.8 Å². The molecule has 0 bridgehead atoms. The van der Waals surface area contributed by atoms with Crippen LogP contribution in [0, 0.1) is 11.6 Å². The summed E-state index contributed by atoms with van der Waals surface area (Å²) in [5.74, 6) is -1.31. The second-order valence-electron chi connectivity index (χ2n) is 5.04. The van der Waals surface area contributed by atoms with Crippen molar-refractivity contribution in [2.45, 2.75) is 6.92 Å². The van der Waals surface area contributed by atoms with E-state index in [2.05, 4.69) is 5.10 Å². The average Bonchev–Trinajstić information content (AvgIpc) is 3.02. The molecule has 24 heavy (non-hydrogen) atoms. The molecule has 0 fully saturated rings. The standard InChI is InChI=1S/C18H14F2N2O2/c1-2-24-18(23)17-16(12-3-5-13(19)6-4-12)11-22(21-17)15-9-7-14(20)8-10-15/h3-11H,2H2,1H3. The summed E-state index contributed by atoms with van der Waals surface area (Å²) in [6.07, 6.45) is 1.63. The maximum atomic E-state index is 13.1. The Kier molecular flexibility index (Phi) is 4.37. The summed E-state index contributed by atoms with van der Waals surface area (Å²) in [7, 11) is 0. The van der Waals surface area contributed by atoms with Gasteiger partial charge >= 0.3 is 5.97 Å². The zero-order valence-electron chi connectivity index (χ0n) is 12.9. The minimum atomic E-state index is -0.572. The molecule has 3 rings (SSSR count). The summed E-state index contributed by atoms with van der Waals surface area (Å²) in [6.45, 7) is 1.91. The van der Waals surface area contributed by atoms with Crippen molar-refractivity contribution in [3.8, 4) is 16.8 Å². The summed E-state index contributed by atoms with van der Waals surface area (Å²) in [4.78, 5) is 12.2. The first kappa shape index (κ1) is 15.9. The number of aromatic nitrogens is 2. The lowest BCUT2D eigenvalue weighted by molar-refractivity contribution is 0.0520. The molecule has 1 heterocycles. The molecule has 0 radical (unpaired) electrons. The van der Waals surface area contributed by atoms with Gasteiger partial charge in [0.2, 0.25) is 0 Å². The van der Waals surface area contributed by atoms with Crippen molar-refractivity contribution in [2.75, 3.05) is 6.61 Å². The van der Waals surface area contributed by atoms with Crippen molar-refractivity contribution >= 4 is 5.97 Å². The van der Waals surface area contributed by atoms with Crippen LogP contribution >= 0.6 is 0 Å². The molecule has 0 atom stereocenters. The van der Waals surface area contributed by atoms with E-state index in [0.29, 0.717) is 16.8 Å². The van der Waals surface area contributed by atoms with E-state index in [1.54, 1.807) is 37.4 Å². The second-order valence-corrected chi connectivity index (χ2v) is 5.04. The van der Waals surface area contributed by atoms with Crippen LogP contribution in [-0.2, 0) is 4.74 Å². The van der Waals surface area contributed by atoms with E-state index < -0.39 is 5.97 Å². The van der Waals surface area contributed by atoms with Crippen molar-refractivity contribution in [3.63, 3.8) is 0 Å². The monoisotopic (exact) mass is 328 g/mol. The van der Waals surface area contributed by atoms with E-state index in [4.69, 9.17) is 4.74 Å². The highest BCUT2D eigenvalue weighted by molar-refractivity contribution is 5.95. The molecule has 2 aromatic carbocycles. The summed E-state index contributed by atoms with van der Waals surface area (Å²) in [6, 6.07) is 11.4. The fourth-order valence-electron chi connectivity index (χ4n) is 2.29. The predicted octanol–water partition coefficient (Wildman–Crippen LogP) is 3.99. The van der Waals surface area contributed by atoms with Crippen molar-refractivity contribution in [1.82, 2.24) is 9.78 Å². The molecule has 0 spiro atoms. The molecule has 4 nitrogen and oxygen atoms in total. The Morgan fingerprint density at radius 3 is 2.21 bits per heavy atom. The van der Waals surface area contributed by atoms with E-state index in [1.165, 1.54) is 28.9 Å². The van der Waals surface area contributed by atoms with E-state index >= 15 is 0 Å². The Morgan fingerprint density at radius 2 is 1.62 bits per heavy atom. The van der Waals surface area contributed by atoms with Gasteiger partial charge in [0.1, 0.15) is 11.6 Å². The fraction of sp³-hybridized carbons (Fsp3) is 0.111. The summed E-state index contributed by atoms with van der Waals surface area (Å²) in [5, 5.41) is 4.25. The number of carbonyl (C=O) groups is 1. The third kappa shape index (κ3) is 3.17. The number of nitrogens with zero attached hydrogens (tertiary/aromatic N) is 2. The molecule has 0 saturated heterocycles. The molecule has 0 aliphatic heterocycles. The Morgan fingerprint density at radius 1 is 1.04 bits per heavy atom. The maximum Gasteiger partial charge on any atom is 0.359 e. The van der Waals surface area contributed by atoms with E-state index in [-0.39, 0.29) is 23.9 Å². The highest BCUT2D eigenvalue weighted by atomic mass is 19.1. The number of carbonyl (C=O) groups excluding carboxylic acids is 1. The van der Waals surface area contributed by atoms with Gasteiger partial charge in [0.05, 0.1) is 12.3 Å². The lowest BCUT2D eigenvalue weighted by Gasteiger charge is -2.02. The van der Waals surface area contributed by atoms with Gasteiger partial charge in [-0.1, -0.05) is 12.1 Å². The number of hydrogen-bond donors (Lipinski definition) is 0. The molecule has 0 N–H and O–H groups in total. The summed E-state index contributed by atoms with van der Waals surface area (Å²) >= 11 is 0. The number of rotatable bonds is 4. The molecular weight excluding hydrogens is 314 g/mol. The van der Waals surface area contributed by atoms with Gasteiger partial charge in [-0.15, -0.1) is 0 Å². The highest BCUT2D eigenvalue weighted by Crippen LogP contribution is 2.25. The van der Waals surface area contributed by atoms with Gasteiger partial charge in [0.25, 0.3) is 0 Å². The molecule has 0 unspecified atom stereocenters. The first-order valence-corrected chi connectivity index (χ1v) is 7.37. The molecule has 0 amide bonds. The Labute approximate surface area is 137 Å². The lowest BCUT2D eigenvalue weighted by Crippen LogP contribution is -2.07. The second kappa shape index (κ2) is 6.62. The van der Waals surface area contributed by atoms with Gasteiger partial charge in [-0.3, -0.25) is 0 Å². The van der Waals surface area contributed by atoms with Gasteiger partial charge in [-0.2, -0.15) is 5.10 Å².